The Labute approximate surface area is 167 Å². The summed E-state index contributed by atoms with van der Waals surface area (Å²) in [7, 11) is -3.26. The van der Waals surface area contributed by atoms with Gasteiger partial charge in [0.05, 0.1) is 15.7 Å². The second kappa shape index (κ2) is 9.32. The van der Waals surface area contributed by atoms with Crippen LogP contribution in [-0.2, 0) is 15.4 Å². The average molecular weight is 417 g/mol. The van der Waals surface area contributed by atoms with Gasteiger partial charge in [0.2, 0.25) is 0 Å². The van der Waals surface area contributed by atoms with Crippen molar-refractivity contribution in [1.82, 2.24) is 4.98 Å². The highest BCUT2D eigenvalue weighted by Gasteiger charge is 2.38. The van der Waals surface area contributed by atoms with Gasteiger partial charge in [0, 0.05) is 29.3 Å². The molecule has 0 aliphatic heterocycles. The van der Waals surface area contributed by atoms with Crippen LogP contribution < -0.4 is 5.14 Å². The molecule has 1 rings (SSSR count). The average Bonchev–Trinajstić information content (AvgIpc) is 2.51. The first kappa shape index (κ1) is 23.8. The maximum atomic E-state index is 12.0. The molecule has 1 aromatic rings. The number of hydrogen-bond donors (Lipinski definition) is 1. The monoisotopic (exact) mass is 416 g/mol. The van der Waals surface area contributed by atoms with Gasteiger partial charge < -0.3 is 4.43 Å². The van der Waals surface area contributed by atoms with E-state index in [1.54, 1.807) is 11.8 Å². The summed E-state index contributed by atoms with van der Waals surface area (Å²) >= 11 is 1.78. The smallest absolute Gasteiger partial charge is 0.192 e. The van der Waals surface area contributed by atoms with Crippen LogP contribution in [0.2, 0.25) is 18.1 Å². The zero-order chi connectivity index (χ0) is 20.2. The van der Waals surface area contributed by atoms with Gasteiger partial charge in [-0.25, -0.2) is 4.21 Å². The number of rotatable bonds is 9. The lowest BCUT2D eigenvalue weighted by atomic mass is 9.94. The van der Waals surface area contributed by atoms with Gasteiger partial charge in [0.25, 0.3) is 0 Å². The molecule has 0 aromatic carbocycles. The molecule has 0 aliphatic carbocycles. The van der Waals surface area contributed by atoms with E-state index in [1.807, 2.05) is 20.0 Å². The fraction of sp³-hybridized carbons (Fsp3) is 0.737. The highest BCUT2D eigenvalue weighted by Crippen LogP contribution is 2.38. The first-order valence-electron chi connectivity index (χ1n) is 9.19. The molecule has 2 atom stereocenters. The third-order valence-electron chi connectivity index (χ3n) is 5.22. The summed E-state index contributed by atoms with van der Waals surface area (Å²) in [5.74, 6) is 1.10. The van der Waals surface area contributed by atoms with Crippen molar-refractivity contribution in [2.75, 3.05) is 12.4 Å². The third-order valence-corrected chi connectivity index (χ3v) is 11.8. The van der Waals surface area contributed by atoms with Crippen LogP contribution in [0.25, 0.3) is 0 Å². The van der Waals surface area contributed by atoms with Crippen LogP contribution in [0.4, 0.5) is 0 Å². The van der Waals surface area contributed by atoms with Gasteiger partial charge in [0.15, 0.2) is 8.32 Å². The Kier molecular flexibility index (Phi) is 8.54. The quantitative estimate of drug-likeness (QED) is 0.450. The molecule has 0 saturated carbocycles. The molecule has 2 N–H and O–H groups in total. The molecule has 0 radical (unpaired) electrons. The molecule has 7 heteroatoms. The van der Waals surface area contributed by atoms with Gasteiger partial charge in [0.1, 0.15) is 0 Å². The Bertz CT molecular complexity index is 599. The Morgan fingerprint density at radius 2 is 1.88 bits per heavy atom. The predicted molar refractivity (Wildman–Crippen MR) is 118 cm³/mol. The zero-order valence-corrected chi connectivity index (χ0v) is 20.2. The molecule has 0 fully saturated rings. The number of nitrogens with zero attached hydrogens (tertiary/aromatic N) is 1. The van der Waals surface area contributed by atoms with Crippen LogP contribution in [0.1, 0.15) is 59.6 Å². The van der Waals surface area contributed by atoms with Crippen molar-refractivity contribution in [1.29, 1.82) is 0 Å². The molecule has 0 amide bonds. The fourth-order valence-electron chi connectivity index (χ4n) is 2.34. The molecule has 4 nitrogen and oxygen atoms in total. The van der Waals surface area contributed by atoms with Gasteiger partial charge >= 0.3 is 0 Å². The van der Waals surface area contributed by atoms with E-state index >= 15 is 0 Å². The predicted octanol–water partition coefficient (Wildman–Crippen LogP) is 5.09. The summed E-state index contributed by atoms with van der Waals surface area (Å²) in [6.45, 7) is 17.8. The van der Waals surface area contributed by atoms with E-state index in [0.29, 0.717) is 13.0 Å². The summed E-state index contributed by atoms with van der Waals surface area (Å²) in [6.07, 6.45) is 2.60. The second-order valence-electron chi connectivity index (χ2n) is 8.88. The number of thioether (sulfide) groups is 1. The van der Waals surface area contributed by atoms with Crippen molar-refractivity contribution in [2.24, 2.45) is 5.14 Å². The molecule has 0 saturated heterocycles. The first-order chi connectivity index (χ1) is 11.8. The Morgan fingerprint density at radius 1 is 1.27 bits per heavy atom. The van der Waals surface area contributed by atoms with E-state index in [0.717, 1.165) is 11.4 Å². The maximum absolute atomic E-state index is 12.0. The van der Waals surface area contributed by atoms with Crippen LogP contribution >= 0.6 is 11.8 Å². The van der Waals surface area contributed by atoms with Crippen molar-refractivity contribution in [2.45, 2.75) is 81.7 Å². The minimum Gasteiger partial charge on any atom is -0.416 e. The lowest BCUT2D eigenvalue weighted by molar-refractivity contribution is 0.248. The molecular weight excluding hydrogens is 380 g/mol. The summed E-state index contributed by atoms with van der Waals surface area (Å²) in [5.41, 5.74) is 0.989. The normalized spacial score (nSPS) is 15.7. The molecule has 26 heavy (non-hydrogen) atoms. The van der Waals surface area contributed by atoms with Crippen molar-refractivity contribution in [3.8, 4) is 0 Å². The van der Waals surface area contributed by atoms with Crippen molar-refractivity contribution in [3.63, 3.8) is 0 Å². The van der Waals surface area contributed by atoms with Gasteiger partial charge in [-0.05, 0) is 56.3 Å². The first-order valence-corrected chi connectivity index (χ1v) is 14.3. The molecule has 1 heterocycles. The highest BCUT2D eigenvalue weighted by molar-refractivity contribution is 7.99. The van der Waals surface area contributed by atoms with Gasteiger partial charge in [-0.2, -0.15) is 0 Å². The summed E-state index contributed by atoms with van der Waals surface area (Å²) in [5, 5.41) is 5.88. The van der Waals surface area contributed by atoms with Crippen LogP contribution in [0.15, 0.2) is 23.2 Å². The topological polar surface area (TPSA) is 65.2 Å². The van der Waals surface area contributed by atoms with Crippen molar-refractivity contribution in [3.05, 3.63) is 24.0 Å². The van der Waals surface area contributed by atoms with Crippen LogP contribution in [0.5, 0.6) is 0 Å². The second-order valence-corrected chi connectivity index (χ2v) is 16.7. The highest BCUT2D eigenvalue weighted by atomic mass is 32.2. The van der Waals surface area contributed by atoms with E-state index in [-0.39, 0.29) is 11.0 Å². The standard InChI is InChI=1S/C19H36N2O2S2Si/c1-9-24-16-10-11-17(21-13-16)15(12-19(5,6)25(20)22)14-23-26(7,8)18(2,3)4/h10-11,13,15H,9,12,14,20H2,1-8H3/t15-,25?/m0/s1. The SMILES string of the molecule is CCSc1ccc([C@H](CO[Si](C)(C)C(C)(C)C)CC(C)(C)S(N)=O)nc1. The van der Waals surface area contributed by atoms with Gasteiger partial charge in [-0.15, -0.1) is 11.8 Å². The maximum Gasteiger partial charge on any atom is 0.192 e. The molecule has 1 aromatic heterocycles. The minimum absolute atomic E-state index is 0.0762. The lowest BCUT2D eigenvalue weighted by Crippen LogP contribution is -2.42. The fourth-order valence-corrected chi connectivity index (χ4v) is 4.38. The van der Waals surface area contributed by atoms with Crippen molar-refractivity contribution >= 4 is 31.1 Å². The molecular formula is C19H36N2O2S2Si. The summed E-state index contributed by atoms with van der Waals surface area (Å²) in [4.78, 5) is 5.85. The largest absolute Gasteiger partial charge is 0.416 e. The van der Waals surface area contributed by atoms with Gasteiger partial charge in [-0.1, -0.05) is 27.7 Å². The number of hydrogen-bond acceptors (Lipinski definition) is 4. The van der Waals surface area contributed by atoms with Crippen LogP contribution in [-0.4, -0.2) is 34.6 Å². The van der Waals surface area contributed by atoms with E-state index in [4.69, 9.17) is 9.56 Å². The zero-order valence-electron chi connectivity index (χ0n) is 17.6. The van der Waals surface area contributed by atoms with Crippen molar-refractivity contribution < 1.29 is 8.63 Å². The number of nitrogens with two attached hydrogens (primary N) is 1. The van der Waals surface area contributed by atoms with E-state index < -0.39 is 24.1 Å². The molecule has 0 bridgehead atoms. The number of pyridine rings is 1. The third kappa shape index (κ3) is 6.75. The summed E-state index contributed by atoms with van der Waals surface area (Å²) < 4.78 is 17.9. The molecule has 0 aliphatic rings. The lowest BCUT2D eigenvalue weighted by Gasteiger charge is -2.38. The number of aromatic nitrogens is 1. The van der Waals surface area contributed by atoms with E-state index in [9.17, 15) is 4.21 Å². The molecule has 0 spiro atoms. The Balaban J connectivity index is 3.04. The van der Waals surface area contributed by atoms with Crippen LogP contribution in [0, 0.1) is 0 Å². The molecule has 150 valence electrons. The van der Waals surface area contributed by atoms with E-state index in [1.165, 1.54) is 4.90 Å². The Morgan fingerprint density at radius 3 is 2.31 bits per heavy atom. The van der Waals surface area contributed by atoms with Crippen LogP contribution in [0.3, 0.4) is 0 Å². The minimum atomic E-state index is -1.87. The van der Waals surface area contributed by atoms with E-state index in [2.05, 4.69) is 57.9 Å². The summed E-state index contributed by atoms with van der Waals surface area (Å²) in [6, 6.07) is 4.19. The Hall–Kier alpha value is -0.213. The molecule has 1 unspecified atom stereocenters. The van der Waals surface area contributed by atoms with Gasteiger partial charge in [-0.3, -0.25) is 10.1 Å².